The lowest BCUT2D eigenvalue weighted by Gasteiger charge is -2.08. The van der Waals surface area contributed by atoms with Crippen LogP contribution < -0.4 is 0 Å². The molecule has 28 heavy (non-hydrogen) atoms. The summed E-state index contributed by atoms with van der Waals surface area (Å²) in [5.74, 6) is -2.76. The summed E-state index contributed by atoms with van der Waals surface area (Å²) in [7, 11) is 0. The fourth-order valence-electron chi connectivity index (χ4n) is 2.17. The minimum atomic E-state index is -5.08. The summed E-state index contributed by atoms with van der Waals surface area (Å²) in [5, 5.41) is 12.3. The number of aromatic nitrogens is 5. The average molecular weight is 403 g/mol. The molecule has 0 aliphatic carbocycles. The summed E-state index contributed by atoms with van der Waals surface area (Å²) in [4.78, 5) is 20.3. The maximum atomic E-state index is 12.1. The second kappa shape index (κ2) is 8.59. The molecular formula is C16H14F5N5O2. The first-order chi connectivity index (χ1) is 13.1. The molecule has 0 saturated heterocycles. The highest BCUT2D eigenvalue weighted by Gasteiger charge is 2.38. The van der Waals surface area contributed by atoms with E-state index in [1.165, 1.54) is 6.33 Å². The van der Waals surface area contributed by atoms with E-state index in [0.717, 1.165) is 28.4 Å². The summed E-state index contributed by atoms with van der Waals surface area (Å²) < 4.78 is 57.7. The topological polar surface area (TPSA) is 96.7 Å². The van der Waals surface area contributed by atoms with Gasteiger partial charge in [0.15, 0.2) is 0 Å². The number of carboxylic acids is 1. The second-order valence-corrected chi connectivity index (χ2v) is 5.55. The minimum Gasteiger partial charge on any atom is -0.475 e. The van der Waals surface area contributed by atoms with Gasteiger partial charge in [0.05, 0.1) is 17.9 Å². The van der Waals surface area contributed by atoms with Gasteiger partial charge in [-0.25, -0.2) is 14.8 Å². The Hall–Kier alpha value is -3.31. The second-order valence-electron chi connectivity index (χ2n) is 5.55. The number of carboxylic acid groups (broad SMARTS) is 1. The molecule has 3 rings (SSSR count). The van der Waals surface area contributed by atoms with Crippen LogP contribution in [0.15, 0.2) is 43.1 Å². The molecular weight excluding hydrogens is 389 g/mol. The number of allylic oxidation sites excluding steroid dienone is 1. The standard InChI is InChI=1S/C14H13F2N5.C2HF3O2/c1-9(2-3-12(15)16)21-7-10(6-20-21)13-11-4-5-17-14(11)19-8-18-13;3-2(4,5)1(6)7/h3-9H,2H2,1H3,(H,17,18,19);(H,6,7). The fraction of sp³-hybridized carbons (Fsp3) is 0.250. The zero-order valence-electron chi connectivity index (χ0n) is 14.3. The Kier molecular flexibility index (Phi) is 6.44. The van der Waals surface area contributed by atoms with Crippen molar-refractivity contribution < 1.29 is 31.9 Å². The number of H-pyrrole nitrogens is 1. The molecule has 1 atom stereocenters. The van der Waals surface area contributed by atoms with Gasteiger partial charge < -0.3 is 10.1 Å². The molecule has 0 amide bonds. The van der Waals surface area contributed by atoms with Crippen LogP contribution in [0.4, 0.5) is 22.0 Å². The number of nitrogens with zero attached hydrogens (tertiary/aromatic N) is 4. The Morgan fingerprint density at radius 2 is 2.04 bits per heavy atom. The first-order valence-corrected chi connectivity index (χ1v) is 7.73. The van der Waals surface area contributed by atoms with Crippen molar-refractivity contribution in [3.8, 4) is 11.3 Å². The van der Waals surface area contributed by atoms with Crippen molar-refractivity contribution in [3.63, 3.8) is 0 Å². The molecule has 0 spiro atoms. The van der Waals surface area contributed by atoms with Crippen LogP contribution in [0.5, 0.6) is 0 Å². The summed E-state index contributed by atoms with van der Waals surface area (Å²) in [6, 6.07) is 1.75. The summed E-state index contributed by atoms with van der Waals surface area (Å²) in [6.45, 7) is 1.84. The van der Waals surface area contributed by atoms with E-state index in [9.17, 15) is 22.0 Å². The van der Waals surface area contributed by atoms with Crippen LogP contribution in [0, 0.1) is 0 Å². The van der Waals surface area contributed by atoms with Crippen molar-refractivity contribution in [2.45, 2.75) is 25.6 Å². The van der Waals surface area contributed by atoms with E-state index in [0.29, 0.717) is 0 Å². The highest BCUT2D eigenvalue weighted by atomic mass is 19.4. The molecule has 0 bridgehead atoms. The van der Waals surface area contributed by atoms with E-state index in [1.807, 2.05) is 19.2 Å². The molecule has 0 aromatic carbocycles. The number of hydrogen-bond donors (Lipinski definition) is 2. The average Bonchev–Trinajstić information content (AvgIpc) is 3.28. The molecule has 0 aliphatic heterocycles. The monoisotopic (exact) mass is 403 g/mol. The summed E-state index contributed by atoms with van der Waals surface area (Å²) >= 11 is 0. The Balaban J connectivity index is 0.000000345. The highest BCUT2D eigenvalue weighted by Crippen LogP contribution is 2.25. The van der Waals surface area contributed by atoms with Crippen molar-refractivity contribution in [2.24, 2.45) is 0 Å². The van der Waals surface area contributed by atoms with Gasteiger partial charge in [-0.05, 0) is 25.5 Å². The fourth-order valence-corrected chi connectivity index (χ4v) is 2.17. The quantitative estimate of drug-likeness (QED) is 0.637. The molecule has 2 N–H and O–H groups in total. The predicted octanol–water partition coefficient (Wildman–Crippen LogP) is 4.19. The number of halogens is 5. The number of alkyl halides is 3. The van der Waals surface area contributed by atoms with Crippen molar-refractivity contribution in [1.82, 2.24) is 24.7 Å². The molecule has 7 nitrogen and oxygen atoms in total. The normalized spacial score (nSPS) is 12.2. The Morgan fingerprint density at radius 1 is 1.36 bits per heavy atom. The zero-order chi connectivity index (χ0) is 20.9. The van der Waals surface area contributed by atoms with Crippen molar-refractivity contribution in [1.29, 1.82) is 0 Å². The number of nitrogens with one attached hydrogen (secondary N) is 1. The number of aliphatic carboxylic acids is 1. The minimum absolute atomic E-state index is 0.149. The summed E-state index contributed by atoms with van der Waals surface area (Å²) in [5.41, 5.74) is 2.36. The van der Waals surface area contributed by atoms with Crippen molar-refractivity contribution >= 4 is 17.0 Å². The first kappa shape index (κ1) is 21.0. The zero-order valence-corrected chi connectivity index (χ0v) is 14.3. The Morgan fingerprint density at radius 3 is 2.64 bits per heavy atom. The molecule has 3 heterocycles. The van der Waals surface area contributed by atoms with Gasteiger partial charge in [0.25, 0.3) is 6.08 Å². The number of rotatable bonds is 4. The molecule has 0 aliphatic rings. The molecule has 3 aromatic heterocycles. The third-order valence-electron chi connectivity index (χ3n) is 3.54. The van der Waals surface area contributed by atoms with E-state index in [2.05, 4.69) is 20.1 Å². The third-order valence-corrected chi connectivity index (χ3v) is 3.54. The highest BCUT2D eigenvalue weighted by molar-refractivity contribution is 5.89. The predicted molar refractivity (Wildman–Crippen MR) is 88.4 cm³/mol. The molecule has 0 fully saturated rings. The van der Waals surface area contributed by atoms with Gasteiger partial charge in [-0.1, -0.05) is 0 Å². The first-order valence-electron chi connectivity index (χ1n) is 7.73. The third kappa shape index (κ3) is 5.34. The smallest absolute Gasteiger partial charge is 0.475 e. The van der Waals surface area contributed by atoms with Crippen molar-refractivity contribution in [2.75, 3.05) is 0 Å². The molecule has 3 aromatic rings. The van der Waals surface area contributed by atoms with Crippen molar-refractivity contribution in [3.05, 3.63) is 43.1 Å². The number of aromatic amines is 1. The number of carbonyl (C=O) groups is 1. The van der Waals surface area contributed by atoms with E-state index < -0.39 is 18.2 Å². The van der Waals surface area contributed by atoms with E-state index in [4.69, 9.17) is 9.90 Å². The van der Waals surface area contributed by atoms with Gasteiger partial charge in [-0.2, -0.15) is 27.1 Å². The summed E-state index contributed by atoms with van der Waals surface area (Å²) in [6.07, 6.45) is 1.15. The van der Waals surface area contributed by atoms with Crippen LogP contribution in [0.25, 0.3) is 22.3 Å². The Bertz CT molecular complexity index is 975. The van der Waals surface area contributed by atoms with Crippen LogP contribution >= 0.6 is 0 Å². The van der Waals surface area contributed by atoms with Gasteiger partial charge in [0.1, 0.15) is 12.0 Å². The van der Waals surface area contributed by atoms with Gasteiger partial charge in [-0.15, -0.1) is 0 Å². The molecule has 1 unspecified atom stereocenters. The molecule has 150 valence electrons. The molecule has 12 heteroatoms. The number of fused-ring (bicyclic) bond motifs is 1. The van der Waals surface area contributed by atoms with Gasteiger partial charge >= 0.3 is 12.1 Å². The molecule has 0 radical (unpaired) electrons. The maximum absolute atomic E-state index is 12.1. The lowest BCUT2D eigenvalue weighted by molar-refractivity contribution is -0.192. The van der Waals surface area contributed by atoms with Gasteiger partial charge in [0, 0.05) is 23.3 Å². The van der Waals surface area contributed by atoms with E-state index in [1.54, 1.807) is 17.1 Å². The lowest BCUT2D eigenvalue weighted by Crippen LogP contribution is -2.21. The van der Waals surface area contributed by atoms with Crippen LogP contribution in [-0.2, 0) is 4.79 Å². The number of hydrogen-bond acceptors (Lipinski definition) is 4. The van der Waals surface area contributed by atoms with Crippen LogP contribution in [0.3, 0.4) is 0 Å². The molecule has 0 saturated carbocycles. The van der Waals surface area contributed by atoms with Crippen LogP contribution in [-0.4, -0.2) is 42.0 Å². The van der Waals surface area contributed by atoms with E-state index in [-0.39, 0.29) is 12.5 Å². The maximum Gasteiger partial charge on any atom is 0.490 e. The largest absolute Gasteiger partial charge is 0.490 e. The van der Waals surface area contributed by atoms with Gasteiger partial charge in [-0.3, -0.25) is 4.68 Å². The van der Waals surface area contributed by atoms with Crippen LogP contribution in [0.2, 0.25) is 0 Å². The Labute approximate surface area is 154 Å². The SMILES string of the molecule is CC(CC=C(F)F)n1cc(-c2ncnc3[nH]ccc23)cn1.O=C(O)C(F)(F)F. The lowest BCUT2D eigenvalue weighted by atomic mass is 10.2. The van der Waals surface area contributed by atoms with Crippen LogP contribution in [0.1, 0.15) is 19.4 Å². The van der Waals surface area contributed by atoms with E-state index >= 15 is 0 Å². The van der Waals surface area contributed by atoms with Gasteiger partial charge in [0.2, 0.25) is 0 Å².